The van der Waals surface area contributed by atoms with Crippen LogP contribution in [0.2, 0.25) is 0 Å². The molecule has 1 unspecified atom stereocenters. The molecule has 2 saturated carbocycles. The van der Waals surface area contributed by atoms with E-state index in [-0.39, 0.29) is 19.4 Å². The smallest absolute Gasteiger partial charge is 0.412 e. The predicted octanol–water partition coefficient (Wildman–Crippen LogP) is 2.82. The largest absolute Gasteiger partial charge is 0.495 e. The highest BCUT2D eigenvalue weighted by molar-refractivity contribution is 7.91. The van der Waals surface area contributed by atoms with Gasteiger partial charge in [-0.1, -0.05) is 39.0 Å². The van der Waals surface area contributed by atoms with Crippen LogP contribution in [0.25, 0.3) is 0 Å². The Morgan fingerprint density at radius 2 is 1.69 bits per heavy atom. The van der Waals surface area contributed by atoms with Gasteiger partial charge in [0.2, 0.25) is 21.8 Å². The molecule has 4 rings (SSSR count). The summed E-state index contributed by atoms with van der Waals surface area (Å²) in [5.41, 5.74) is -2.98. The summed E-state index contributed by atoms with van der Waals surface area (Å²) in [6.45, 7) is 13.7. The van der Waals surface area contributed by atoms with Crippen molar-refractivity contribution in [3.63, 3.8) is 0 Å². The maximum absolute atomic E-state index is 14.2. The van der Waals surface area contributed by atoms with Gasteiger partial charge in [0.25, 0.3) is 5.91 Å². The van der Waals surface area contributed by atoms with Crippen molar-refractivity contribution in [2.75, 3.05) is 19.0 Å². The average Bonchev–Trinajstić information content (AvgIpc) is 3.91. The molecular formula is C33H47N5O10S. The summed E-state index contributed by atoms with van der Waals surface area (Å²) in [4.78, 5) is 68.6. The van der Waals surface area contributed by atoms with Crippen LogP contribution in [0, 0.1) is 11.3 Å². The van der Waals surface area contributed by atoms with Crippen LogP contribution in [0.1, 0.15) is 67.2 Å². The number of amides is 5. The average molecular weight is 706 g/mol. The fraction of sp³-hybridized carbons (Fsp3) is 0.606. The van der Waals surface area contributed by atoms with Crippen LogP contribution in [0.3, 0.4) is 0 Å². The lowest BCUT2D eigenvalue weighted by Crippen LogP contribution is -2.60. The quantitative estimate of drug-likeness (QED) is 0.248. The first kappa shape index (κ1) is 37.5. The monoisotopic (exact) mass is 705 g/mol. The molecule has 1 aromatic carbocycles. The summed E-state index contributed by atoms with van der Waals surface area (Å²) < 4.78 is 43.6. The molecule has 0 bridgehead atoms. The van der Waals surface area contributed by atoms with Crippen LogP contribution in [-0.2, 0) is 33.9 Å². The van der Waals surface area contributed by atoms with Gasteiger partial charge in [-0.25, -0.2) is 18.0 Å². The number of ether oxygens (including phenoxy) is 3. The number of hydrogen-bond donors (Lipinski definition) is 4. The number of nitrogens with one attached hydrogen (secondary N) is 4. The number of alkyl carbamates (subject to hydrolysis) is 1. The third-order valence-corrected chi connectivity index (χ3v) is 10.3. The van der Waals surface area contributed by atoms with Gasteiger partial charge in [-0.05, 0) is 57.6 Å². The topological polar surface area (TPSA) is 199 Å². The number of carbonyl (C=O) groups excluding carboxylic acids is 5. The van der Waals surface area contributed by atoms with E-state index in [0.717, 1.165) is 0 Å². The van der Waals surface area contributed by atoms with Crippen molar-refractivity contribution in [3.8, 4) is 5.75 Å². The first-order valence-electron chi connectivity index (χ1n) is 16.1. The van der Waals surface area contributed by atoms with E-state index < -0.39 is 85.8 Å². The highest BCUT2D eigenvalue weighted by Crippen LogP contribution is 2.45. The summed E-state index contributed by atoms with van der Waals surface area (Å²) in [5, 5.41) is 7.25. The zero-order valence-corrected chi connectivity index (χ0v) is 29.8. The van der Waals surface area contributed by atoms with Gasteiger partial charge < -0.3 is 29.7 Å². The molecule has 5 atom stereocenters. The van der Waals surface area contributed by atoms with Crippen molar-refractivity contribution in [1.29, 1.82) is 0 Å². The first-order valence-corrected chi connectivity index (χ1v) is 17.7. The molecule has 1 aromatic rings. The molecule has 4 N–H and O–H groups in total. The molecule has 0 radical (unpaired) electrons. The number of likely N-dealkylation sites (tertiary alicyclic amines) is 1. The number of carbonyl (C=O) groups is 5. The third kappa shape index (κ3) is 9.02. The minimum Gasteiger partial charge on any atom is -0.495 e. The number of anilines is 1. The molecule has 2 aliphatic carbocycles. The van der Waals surface area contributed by atoms with Crippen molar-refractivity contribution in [2.24, 2.45) is 11.3 Å². The zero-order chi connectivity index (χ0) is 36.5. The minimum atomic E-state index is -3.92. The highest BCUT2D eigenvalue weighted by atomic mass is 32.2. The summed E-state index contributed by atoms with van der Waals surface area (Å²) in [5.74, 6) is -2.49. The number of methoxy groups -OCH3 is 1. The van der Waals surface area contributed by atoms with E-state index in [1.54, 1.807) is 65.8 Å². The van der Waals surface area contributed by atoms with Crippen molar-refractivity contribution >= 4 is 45.6 Å². The SMILES string of the molecule is C=CC1C[C@]1(NC(=O)[C@@H]1C[C@@H](OC(=O)Nc2ccccc2OC)CN1C(=O)[C@@H](NC(=O)OC(C)(C)C)C(C)(C)C)C(=O)NS(=O)(=O)C1CC1. The molecule has 1 heterocycles. The van der Waals surface area contributed by atoms with Gasteiger partial charge >= 0.3 is 12.2 Å². The number of nitrogens with zero attached hydrogens (tertiary/aromatic N) is 1. The molecular weight excluding hydrogens is 658 g/mol. The van der Waals surface area contributed by atoms with Crippen molar-refractivity contribution in [3.05, 3.63) is 36.9 Å². The molecule has 270 valence electrons. The van der Waals surface area contributed by atoms with Gasteiger partial charge in [-0.2, -0.15) is 0 Å². The second-order valence-electron chi connectivity index (χ2n) is 14.7. The van der Waals surface area contributed by atoms with Crippen molar-refractivity contribution in [2.45, 2.75) is 102 Å². The van der Waals surface area contributed by atoms with Crippen LogP contribution >= 0.6 is 0 Å². The van der Waals surface area contributed by atoms with E-state index in [1.807, 2.05) is 0 Å². The molecule has 49 heavy (non-hydrogen) atoms. The molecule has 3 aliphatic rings. The Labute approximate surface area is 286 Å². The Hall–Kier alpha value is -4.34. The zero-order valence-electron chi connectivity index (χ0n) is 29.0. The van der Waals surface area contributed by atoms with Gasteiger partial charge in [0, 0.05) is 12.3 Å². The highest BCUT2D eigenvalue weighted by Gasteiger charge is 2.62. The summed E-state index contributed by atoms with van der Waals surface area (Å²) in [6, 6.07) is 4.22. The standard InChI is InChI=1S/C33H47N5O10S/c1-9-19-17-33(19,28(41)37-49(44,45)21-14-15-21)36-26(39)23-16-20(47-29(42)34-22-12-10-11-13-24(22)46-8)18-38(23)27(40)25(31(2,3)4)35-30(43)48-32(5,6)7/h9-13,19-21,23,25H,1,14-18H2,2-8H3,(H,34,42)(H,35,43)(H,36,39)(H,37,41)/t19?,20-,23+,25-,33-/m1/s1. The van der Waals surface area contributed by atoms with Gasteiger partial charge in [0.1, 0.15) is 35.1 Å². The fourth-order valence-corrected chi connectivity index (χ4v) is 7.04. The number of hydrogen-bond acceptors (Lipinski definition) is 10. The van der Waals surface area contributed by atoms with E-state index in [0.29, 0.717) is 24.3 Å². The van der Waals surface area contributed by atoms with E-state index >= 15 is 0 Å². The molecule has 15 nitrogen and oxygen atoms in total. The van der Waals surface area contributed by atoms with Gasteiger partial charge in [0.05, 0.1) is 24.6 Å². The molecule has 16 heteroatoms. The summed E-state index contributed by atoms with van der Waals surface area (Å²) in [6.07, 6.45) is -0.421. The third-order valence-electron chi connectivity index (χ3n) is 8.49. The molecule has 0 spiro atoms. The minimum absolute atomic E-state index is 0.0982. The number of sulfonamides is 1. The molecule has 1 aliphatic heterocycles. The fourth-order valence-electron chi connectivity index (χ4n) is 5.67. The molecule has 0 aromatic heterocycles. The normalized spacial score (nSPS) is 24.1. The molecule has 3 fully saturated rings. The number of para-hydroxylation sites is 2. The van der Waals surface area contributed by atoms with E-state index in [9.17, 15) is 32.4 Å². The lowest BCUT2D eigenvalue weighted by atomic mass is 9.85. The van der Waals surface area contributed by atoms with Crippen LogP contribution in [0.4, 0.5) is 15.3 Å². The Bertz CT molecular complexity index is 1600. The first-order chi connectivity index (χ1) is 22.7. The molecule has 5 amide bonds. The van der Waals surface area contributed by atoms with E-state index in [4.69, 9.17) is 14.2 Å². The number of rotatable bonds is 11. The number of benzene rings is 1. The van der Waals surface area contributed by atoms with Crippen LogP contribution in [0.15, 0.2) is 36.9 Å². The van der Waals surface area contributed by atoms with Crippen LogP contribution in [0.5, 0.6) is 5.75 Å². The van der Waals surface area contributed by atoms with E-state index in [2.05, 4.69) is 27.3 Å². The Kier molecular flexibility index (Phi) is 10.6. The Morgan fingerprint density at radius 3 is 2.24 bits per heavy atom. The second kappa shape index (κ2) is 13.9. The van der Waals surface area contributed by atoms with Gasteiger partial charge in [-0.3, -0.25) is 24.4 Å². The Balaban J connectivity index is 1.59. The maximum atomic E-state index is 14.2. The second-order valence-corrected chi connectivity index (χ2v) is 16.7. The van der Waals surface area contributed by atoms with E-state index in [1.165, 1.54) is 18.1 Å². The van der Waals surface area contributed by atoms with Crippen molar-refractivity contribution in [1.82, 2.24) is 20.3 Å². The summed E-state index contributed by atoms with van der Waals surface area (Å²) >= 11 is 0. The van der Waals surface area contributed by atoms with Crippen LogP contribution in [-0.4, -0.2) is 91.5 Å². The Morgan fingerprint density at radius 1 is 1.04 bits per heavy atom. The lowest BCUT2D eigenvalue weighted by molar-refractivity contribution is -0.143. The predicted molar refractivity (Wildman–Crippen MR) is 179 cm³/mol. The lowest BCUT2D eigenvalue weighted by Gasteiger charge is -2.36. The van der Waals surface area contributed by atoms with Gasteiger partial charge in [0.15, 0.2) is 0 Å². The van der Waals surface area contributed by atoms with Crippen molar-refractivity contribution < 1.29 is 46.6 Å². The summed E-state index contributed by atoms with van der Waals surface area (Å²) in [7, 11) is -2.48. The molecule has 1 saturated heterocycles. The maximum Gasteiger partial charge on any atom is 0.412 e. The van der Waals surface area contributed by atoms with Crippen LogP contribution < -0.4 is 25.4 Å². The van der Waals surface area contributed by atoms with Gasteiger partial charge in [-0.15, -0.1) is 6.58 Å².